The van der Waals surface area contributed by atoms with Crippen molar-refractivity contribution in [2.75, 3.05) is 0 Å². The van der Waals surface area contributed by atoms with Crippen molar-refractivity contribution in [3.63, 3.8) is 0 Å². The fraction of sp³-hybridized carbons (Fsp3) is 0.0638. The first-order valence-corrected chi connectivity index (χ1v) is 18.0. The Bertz CT molecular complexity index is 3040. The third kappa shape index (κ3) is 3.78. The number of hydrogen-bond acceptors (Lipinski definition) is 3. The SMILES string of the molecule is CC1(C)c2ccc(-c3ccc4c5ccccc5c5ccccc5c4c3)cc2-c2cc(-c3ccc4c5ccccc5c5nsnc5c4c3)ccc21. The van der Waals surface area contributed by atoms with Crippen molar-refractivity contribution in [2.45, 2.75) is 19.3 Å². The van der Waals surface area contributed by atoms with Crippen LogP contribution in [0.15, 0.2) is 146 Å². The Labute approximate surface area is 293 Å². The Balaban J connectivity index is 1.08. The summed E-state index contributed by atoms with van der Waals surface area (Å²) in [5, 5.41) is 12.6. The molecule has 0 bridgehead atoms. The first-order chi connectivity index (χ1) is 24.5. The molecule has 9 aromatic carbocycles. The smallest absolute Gasteiger partial charge is 0.113 e. The van der Waals surface area contributed by atoms with E-state index >= 15 is 0 Å². The summed E-state index contributed by atoms with van der Waals surface area (Å²) in [6, 6.07) is 54.2. The zero-order valence-corrected chi connectivity index (χ0v) is 28.5. The molecule has 0 atom stereocenters. The van der Waals surface area contributed by atoms with Crippen molar-refractivity contribution in [1.82, 2.24) is 8.75 Å². The molecular weight excluding hydrogens is 625 g/mol. The molecule has 50 heavy (non-hydrogen) atoms. The Hall–Kier alpha value is -5.90. The molecule has 0 unspecified atom stereocenters. The highest BCUT2D eigenvalue weighted by atomic mass is 32.1. The van der Waals surface area contributed by atoms with Crippen LogP contribution in [-0.4, -0.2) is 8.75 Å². The van der Waals surface area contributed by atoms with E-state index in [1.54, 1.807) is 0 Å². The largest absolute Gasteiger partial charge is 0.172 e. The van der Waals surface area contributed by atoms with Crippen molar-refractivity contribution in [3.05, 3.63) is 157 Å². The minimum atomic E-state index is -0.0824. The standard InChI is InChI=1S/C47H30N2S/c1-47(2)43-21-17-29(27-15-19-36-33-11-4-3-9-31(33)32-10-5-6-13-35(32)39(36)23-27)24-40(43)41-25-30(18-22-44(41)47)28-16-20-37-34-12-7-8-14-38(34)45-46(42(37)26-28)49-50-48-45/h3-26H,1-2H3. The molecular formula is C47H30N2S. The van der Waals surface area contributed by atoms with Gasteiger partial charge in [0.15, 0.2) is 0 Å². The number of nitrogens with zero attached hydrogens (tertiary/aromatic N) is 2. The molecule has 10 aromatic rings. The highest BCUT2D eigenvalue weighted by Crippen LogP contribution is 2.51. The Morgan fingerprint density at radius 1 is 0.360 bits per heavy atom. The predicted octanol–water partition coefficient (Wildman–Crippen LogP) is 13.1. The first kappa shape index (κ1) is 28.0. The number of hydrogen-bond donors (Lipinski definition) is 0. The Kier molecular flexibility index (Phi) is 5.64. The molecule has 3 heteroatoms. The van der Waals surface area contributed by atoms with Crippen LogP contribution in [-0.2, 0) is 5.41 Å². The van der Waals surface area contributed by atoms with Gasteiger partial charge in [-0.05, 0) is 112 Å². The average Bonchev–Trinajstić information content (AvgIpc) is 3.76. The molecule has 0 spiro atoms. The number of rotatable bonds is 2. The van der Waals surface area contributed by atoms with Crippen molar-refractivity contribution < 1.29 is 0 Å². The van der Waals surface area contributed by atoms with E-state index in [2.05, 4.69) is 159 Å². The minimum Gasteiger partial charge on any atom is -0.172 e. The predicted molar refractivity (Wildman–Crippen MR) is 213 cm³/mol. The van der Waals surface area contributed by atoms with Gasteiger partial charge >= 0.3 is 0 Å². The van der Waals surface area contributed by atoms with Gasteiger partial charge in [0.1, 0.15) is 11.0 Å². The summed E-state index contributed by atoms with van der Waals surface area (Å²) in [7, 11) is 0. The molecule has 0 radical (unpaired) electrons. The average molecular weight is 655 g/mol. The van der Waals surface area contributed by atoms with Crippen LogP contribution >= 0.6 is 11.7 Å². The molecule has 0 N–H and O–H groups in total. The summed E-state index contributed by atoms with van der Waals surface area (Å²) < 4.78 is 9.45. The van der Waals surface area contributed by atoms with Crippen LogP contribution in [0.25, 0.3) is 98.3 Å². The van der Waals surface area contributed by atoms with Crippen LogP contribution < -0.4 is 0 Å². The van der Waals surface area contributed by atoms with E-state index in [1.807, 2.05) is 0 Å². The van der Waals surface area contributed by atoms with Crippen LogP contribution in [0.5, 0.6) is 0 Å². The normalized spacial score (nSPS) is 13.6. The first-order valence-electron chi connectivity index (χ1n) is 17.2. The molecule has 0 fully saturated rings. The van der Waals surface area contributed by atoms with Gasteiger partial charge in [0.25, 0.3) is 0 Å². The van der Waals surface area contributed by atoms with E-state index in [0.29, 0.717) is 0 Å². The summed E-state index contributed by atoms with van der Waals surface area (Å²) in [5.74, 6) is 0. The van der Waals surface area contributed by atoms with Gasteiger partial charge in [-0.1, -0.05) is 135 Å². The monoisotopic (exact) mass is 654 g/mol. The van der Waals surface area contributed by atoms with Crippen molar-refractivity contribution >= 4 is 76.6 Å². The third-order valence-corrected chi connectivity index (χ3v) is 11.9. The van der Waals surface area contributed by atoms with Crippen LogP contribution in [0.3, 0.4) is 0 Å². The number of aromatic nitrogens is 2. The number of fused-ring (bicyclic) bond motifs is 15. The fourth-order valence-electron chi connectivity index (χ4n) is 8.84. The van der Waals surface area contributed by atoms with E-state index in [4.69, 9.17) is 8.75 Å². The zero-order valence-electron chi connectivity index (χ0n) is 27.7. The highest BCUT2D eigenvalue weighted by Gasteiger charge is 2.35. The van der Waals surface area contributed by atoms with Crippen molar-refractivity contribution in [3.8, 4) is 33.4 Å². The van der Waals surface area contributed by atoms with Crippen LogP contribution in [0.1, 0.15) is 25.0 Å². The fourth-order valence-corrected chi connectivity index (χ4v) is 9.41. The summed E-state index contributed by atoms with van der Waals surface area (Å²) in [4.78, 5) is 0. The van der Waals surface area contributed by atoms with Crippen LogP contribution in [0.2, 0.25) is 0 Å². The highest BCUT2D eigenvalue weighted by molar-refractivity contribution is 7.00. The van der Waals surface area contributed by atoms with Gasteiger partial charge in [-0.15, -0.1) is 0 Å². The molecule has 11 rings (SSSR count). The van der Waals surface area contributed by atoms with Gasteiger partial charge in [-0.25, -0.2) is 0 Å². The molecule has 1 aliphatic carbocycles. The lowest BCUT2D eigenvalue weighted by molar-refractivity contribution is 0.660. The topological polar surface area (TPSA) is 25.8 Å². The van der Waals surface area contributed by atoms with Gasteiger partial charge in [0.05, 0.1) is 11.7 Å². The lowest BCUT2D eigenvalue weighted by atomic mass is 9.82. The van der Waals surface area contributed by atoms with Gasteiger partial charge in [0.2, 0.25) is 0 Å². The summed E-state index contributed by atoms with van der Waals surface area (Å²) >= 11 is 1.29. The minimum absolute atomic E-state index is 0.0824. The lowest BCUT2D eigenvalue weighted by Gasteiger charge is -2.21. The second-order valence-corrected chi connectivity index (χ2v) is 14.8. The molecule has 0 saturated carbocycles. The van der Waals surface area contributed by atoms with Gasteiger partial charge < -0.3 is 0 Å². The maximum atomic E-state index is 4.76. The zero-order chi connectivity index (χ0) is 33.1. The van der Waals surface area contributed by atoms with Crippen LogP contribution in [0, 0.1) is 0 Å². The quantitative estimate of drug-likeness (QED) is 0.173. The van der Waals surface area contributed by atoms with E-state index in [1.165, 1.54) is 99.3 Å². The molecule has 2 nitrogen and oxygen atoms in total. The second-order valence-electron chi connectivity index (χ2n) is 14.3. The van der Waals surface area contributed by atoms with Gasteiger partial charge in [0, 0.05) is 16.2 Å². The van der Waals surface area contributed by atoms with Crippen molar-refractivity contribution in [1.29, 1.82) is 0 Å². The molecule has 0 saturated heterocycles. The summed E-state index contributed by atoms with van der Waals surface area (Å²) in [5.41, 5.74) is 12.2. The van der Waals surface area contributed by atoms with E-state index in [9.17, 15) is 0 Å². The third-order valence-electron chi connectivity index (χ3n) is 11.3. The van der Waals surface area contributed by atoms with E-state index in [-0.39, 0.29) is 5.41 Å². The van der Waals surface area contributed by atoms with E-state index in [0.717, 1.165) is 21.8 Å². The molecule has 0 amide bonds. The van der Waals surface area contributed by atoms with Crippen LogP contribution in [0.4, 0.5) is 0 Å². The van der Waals surface area contributed by atoms with Crippen molar-refractivity contribution in [2.24, 2.45) is 0 Å². The van der Waals surface area contributed by atoms with Gasteiger partial charge in [-0.3, -0.25) is 0 Å². The Morgan fingerprint density at radius 2 is 0.720 bits per heavy atom. The number of benzene rings is 9. The maximum Gasteiger partial charge on any atom is 0.113 e. The summed E-state index contributed by atoms with van der Waals surface area (Å²) in [6.07, 6.45) is 0. The lowest BCUT2D eigenvalue weighted by Crippen LogP contribution is -2.14. The molecule has 1 aromatic heterocycles. The van der Waals surface area contributed by atoms with Gasteiger partial charge in [-0.2, -0.15) is 8.75 Å². The second kappa shape index (κ2) is 10.1. The molecule has 234 valence electrons. The summed E-state index contributed by atoms with van der Waals surface area (Å²) in [6.45, 7) is 4.72. The Morgan fingerprint density at radius 3 is 1.26 bits per heavy atom. The molecule has 1 heterocycles. The maximum absolute atomic E-state index is 4.76. The van der Waals surface area contributed by atoms with E-state index < -0.39 is 0 Å². The molecule has 1 aliphatic rings. The molecule has 0 aliphatic heterocycles.